The number of nitrogens with one attached hydrogen (secondary N) is 1. The van der Waals surface area contributed by atoms with Crippen molar-refractivity contribution in [1.29, 1.82) is 0 Å². The molecule has 1 fully saturated rings. The van der Waals surface area contributed by atoms with E-state index >= 15 is 0 Å². The quantitative estimate of drug-likeness (QED) is 0.210. The average molecular weight is 670 g/mol. The lowest BCUT2D eigenvalue weighted by Crippen LogP contribution is -2.49. The number of methoxy groups -OCH3 is 1. The molecule has 15 nitrogen and oxygen atoms in total. The van der Waals surface area contributed by atoms with E-state index in [1.165, 1.54) is 12.4 Å². The average Bonchev–Trinajstić information content (AvgIpc) is 3.11. The second-order valence-electron chi connectivity index (χ2n) is 11.9. The molecule has 0 bridgehead atoms. The van der Waals surface area contributed by atoms with Crippen LogP contribution in [0.15, 0.2) is 53.8 Å². The Morgan fingerprint density at radius 2 is 1.73 bits per heavy atom. The van der Waals surface area contributed by atoms with Crippen LogP contribution in [0.5, 0.6) is 11.5 Å². The number of carbonyl (C=O) groups excluding carboxylic acids is 2. The zero-order chi connectivity index (χ0) is 34.3. The summed E-state index contributed by atoms with van der Waals surface area (Å²) in [5.74, 6) is 0.545. The topological polar surface area (TPSA) is 190 Å². The van der Waals surface area contributed by atoms with Gasteiger partial charge in [-0.25, -0.2) is 15.0 Å². The summed E-state index contributed by atoms with van der Waals surface area (Å²) in [5, 5.41) is 13.2. The maximum atomic E-state index is 13.0. The zero-order valence-corrected chi connectivity index (χ0v) is 27.3. The van der Waals surface area contributed by atoms with Gasteiger partial charge in [0.05, 0.1) is 19.1 Å². The minimum absolute atomic E-state index is 0.00986. The Bertz CT molecular complexity index is 1900. The van der Waals surface area contributed by atoms with Gasteiger partial charge in [-0.15, -0.1) is 0 Å². The lowest BCUT2D eigenvalue weighted by molar-refractivity contribution is -0.136. The molecule has 2 aromatic carbocycles. The fraction of sp³-hybridized carbons (Fsp3) is 0.382. The summed E-state index contributed by atoms with van der Waals surface area (Å²) >= 11 is 0. The van der Waals surface area contributed by atoms with E-state index in [4.69, 9.17) is 25.3 Å². The van der Waals surface area contributed by atoms with Gasteiger partial charge in [-0.05, 0) is 36.1 Å². The number of nitrogens with zero attached hydrogens (tertiary/aromatic N) is 7. The van der Waals surface area contributed by atoms with E-state index in [9.17, 15) is 14.4 Å². The Kier molecular flexibility index (Phi) is 10.3. The normalized spacial score (nSPS) is 15.0. The van der Waals surface area contributed by atoms with E-state index in [0.717, 1.165) is 48.4 Å². The van der Waals surface area contributed by atoms with Crippen LogP contribution in [0.2, 0.25) is 0 Å². The number of amides is 2. The Morgan fingerprint density at radius 1 is 1.00 bits per heavy atom. The standard InChI is InChI=1S/C34H39N9O6/c1-48-30-26(49-18-17-41-13-15-42(16-14-41)27(44)10-7-22-3-5-23(6-4-22)19-28(45)46)9-8-25-29(30)39-34(43-12-2-11-36-31(25)43)40-32(47)24-20-37-33(35)38-21-24/h3-6,8-9,20-21,36H,2,7,10-19H2,1H3,(H,45,46)(H2,35,37,38). The van der Waals surface area contributed by atoms with Crippen LogP contribution >= 0.6 is 0 Å². The molecule has 0 saturated carbocycles. The minimum atomic E-state index is -0.862. The van der Waals surface area contributed by atoms with Crippen molar-refractivity contribution in [2.75, 3.05) is 64.0 Å². The first kappa shape index (κ1) is 33.3. The number of carboxylic acids is 1. The van der Waals surface area contributed by atoms with Crippen LogP contribution in [-0.4, -0.2) is 105 Å². The van der Waals surface area contributed by atoms with Gasteiger partial charge in [-0.1, -0.05) is 24.3 Å². The number of piperazine rings is 1. The van der Waals surface area contributed by atoms with E-state index < -0.39 is 11.9 Å². The number of rotatable bonds is 11. The van der Waals surface area contributed by atoms with E-state index in [-0.39, 0.29) is 29.5 Å². The third-order valence-corrected chi connectivity index (χ3v) is 8.64. The van der Waals surface area contributed by atoms with Gasteiger partial charge in [0.15, 0.2) is 11.5 Å². The van der Waals surface area contributed by atoms with Crippen LogP contribution in [0.4, 0.5) is 11.8 Å². The number of fused-ring (bicyclic) bond motifs is 3. The van der Waals surface area contributed by atoms with Gasteiger partial charge in [0, 0.05) is 70.0 Å². The summed E-state index contributed by atoms with van der Waals surface area (Å²) in [6, 6.07) is 11.2. The molecule has 0 spiro atoms. The second kappa shape index (κ2) is 15.1. The molecule has 2 amide bonds. The number of aryl methyl sites for hydroxylation is 1. The molecule has 15 heteroatoms. The highest BCUT2D eigenvalue weighted by Gasteiger charge is 2.23. The first-order valence-corrected chi connectivity index (χ1v) is 16.2. The van der Waals surface area contributed by atoms with Crippen LogP contribution in [0.25, 0.3) is 10.9 Å². The molecule has 0 radical (unpaired) electrons. The fourth-order valence-corrected chi connectivity index (χ4v) is 6.02. The number of aromatic nitrogens is 4. The van der Waals surface area contributed by atoms with Gasteiger partial charge in [0.1, 0.15) is 17.9 Å². The SMILES string of the molecule is COc1c(OCCN2CCN(C(=O)CCc3ccc(CC(=O)O)cc3)CC2)ccc2c3n(c(=NC(=O)c4cnc(N)nc4)nc12)CCCN3. The lowest BCUT2D eigenvalue weighted by atomic mass is 10.1. The molecule has 4 aromatic rings. The number of nitrogens with two attached hydrogens (primary N) is 1. The highest BCUT2D eigenvalue weighted by Crippen LogP contribution is 2.37. The summed E-state index contributed by atoms with van der Waals surface area (Å²) < 4.78 is 13.9. The number of carboxylic acid groups (broad SMARTS) is 1. The zero-order valence-electron chi connectivity index (χ0n) is 27.3. The van der Waals surface area contributed by atoms with Gasteiger partial charge in [-0.2, -0.15) is 4.99 Å². The first-order chi connectivity index (χ1) is 23.8. The second-order valence-corrected chi connectivity index (χ2v) is 11.9. The summed E-state index contributed by atoms with van der Waals surface area (Å²) in [6.07, 6.45) is 4.54. The molecular formula is C34H39N9O6. The predicted molar refractivity (Wildman–Crippen MR) is 180 cm³/mol. The van der Waals surface area contributed by atoms with E-state index in [1.807, 2.05) is 33.7 Å². The van der Waals surface area contributed by atoms with E-state index in [1.54, 1.807) is 19.2 Å². The number of hydrogen-bond acceptors (Lipinski definition) is 11. The van der Waals surface area contributed by atoms with Crippen LogP contribution < -0.4 is 26.1 Å². The fourth-order valence-electron chi connectivity index (χ4n) is 6.02. The Morgan fingerprint density at radius 3 is 2.45 bits per heavy atom. The molecule has 4 N–H and O–H groups in total. The Hall–Kier alpha value is -5.57. The number of hydrogen-bond donors (Lipinski definition) is 3. The Balaban J connectivity index is 1.07. The van der Waals surface area contributed by atoms with E-state index in [2.05, 4.69) is 25.2 Å². The van der Waals surface area contributed by atoms with Gasteiger partial charge in [0.2, 0.25) is 17.5 Å². The minimum Gasteiger partial charge on any atom is -0.491 e. The molecule has 1 saturated heterocycles. The van der Waals surface area contributed by atoms with Gasteiger partial charge in [0.25, 0.3) is 5.91 Å². The van der Waals surface area contributed by atoms with Crippen LogP contribution in [-0.2, 0) is 29.0 Å². The smallest absolute Gasteiger partial charge is 0.307 e. The van der Waals surface area contributed by atoms with Crippen molar-refractivity contribution < 1.29 is 29.0 Å². The van der Waals surface area contributed by atoms with Gasteiger partial charge >= 0.3 is 5.97 Å². The first-order valence-electron chi connectivity index (χ1n) is 16.2. The lowest BCUT2D eigenvalue weighted by Gasteiger charge is -2.34. The largest absolute Gasteiger partial charge is 0.491 e. The van der Waals surface area contributed by atoms with Crippen molar-refractivity contribution in [2.45, 2.75) is 32.2 Å². The van der Waals surface area contributed by atoms with Crippen molar-refractivity contribution in [3.8, 4) is 11.5 Å². The summed E-state index contributed by atoms with van der Waals surface area (Å²) in [4.78, 5) is 57.8. The number of benzene rings is 2. The monoisotopic (exact) mass is 669 g/mol. The molecular weight excluding hydrogens is 630 g/mol. The molecule has 2 aromatic heterocycles. The molecule has 4 heterocycles. The van der Waals surface area contributed by atoms with Crippen LogP contribution in [0.3, 0.4) is 0 Å². The number of aliphatic carboxylic acids is 1. The van der Waals surface area contributed by atoms with Crippen molar-refractivity contribution in [3.05, 3.63) is 71.1 Å². The number of nitrogen functional groups attached to an aromatic ring is 1. The number of carbonyl (C=O) groups is 3. The summed E-state index contributed by atoms with van der Waals surface area (Å²) in [6.45, 7) is 5.23. The molecule has 2 aliphatic rings. The van der Waals surface area contributed by atoms with Crippen molar-refractivity contribution in [3.63, 3.8) is 0 Å². The molecule has 0 aliphatic carbocycles. The molecule has 0 unspecified atom stereocenters. The van der Waals surface area contributed by atoms with Gasteiger partial charge in [-0.3, -0.25) is 23.9 Å². The van der Waals surface area contributed by atoms with E-state index in [0.29, 0.717) is 62.6 Å². The molecule has 0 atom stereocenters. The highest BCUT2D eigenvalue weighted by atomic mass is 16.5. The van der Waals surface area contributed by atoms with Crippen molar-refractivity contribution in [1.82, 2.24) is 29.3 Å². The van der Waals surface area contributed by atoms with Gasteiger partial charge < -0.3 is 30.5 Å². The molecule has 49 heavy (non-hydrogen) atoms. The van der Waals surface area contributed by atoms with Crippen molar-refractivity contribution >= 4 is 40.5 Å². The summed E-state index contributed by atoms with van der Waals surface area (Å²) in [7, 11) is 1.56. The number of anilines is 2. The van der Waals surface area contributed by atoms with Crippen molar-refractivity contribution in [2.24, 2.45) is 4.99 Å². The maximum absolute atomic E-state index is 13.0. The predicted octanol–water partition coefficient (Wildman–Crippen LogP) is 1.76. The molecule has 2 aliphatic heterocycles. The third-order valence-electron chi connectivity index (χ3n) is 8.64. The highest BCUT2D eigenvalue weighted by molar-refractivity contribution is 5.96. The number of ether oxygens (including phenoxy) is 2. The Labute approximate surface area is 282 Å². The van der Waals surface area contributed by atoms with Crippen LogP contribution in [0.1, 0.15) is 34.3 Å². The summed E-state index contributed by atoms with van der Waals surface area (Å²) in [5.41, 5.74) is 8.27. The maximum Gasteiger partial charge on any atom is 0.307 e. The van der Waals surface area contributed by atoms with Crippen LogP contribution in [0, 0.1) is 0 Å². The molecule has 6 rings (SSSR count). The third kappa shape index (κ3) is 7.95. The molecule has 256 valence electrons.